The summed E-state index contributed by atoms with van der Waals surface area (Å²) in [6.45, 7) is 0.942. The van der Waals surface area contributed by atoms with Gasteiger partial charge in [0.25, 0.3) is 0 Å². The number of aliphatic hydroxyl groups is 1. The summed E-state index contributed by atoms with van der Waals surface area (Å²) in [6, 6.07) is 0.351. The lowest BCUT2D eigenvalue weighted by Crippen LogP contribution is -2.43. The minimum atomic E-state index is -0.0314. The van der Waals surface area contributed by atoms with Gasteiger partial charge in [0.15, 0.2) is 0 Å². The van der Waals surface area contributed by atoms with Crippen LogP contribution in [0.3, 0.4) is 0 Å². The fourth-order valence-electron chi connectivity index (χ4n) is 2.50. The molecule has 2 aliphatic carbocycles. The average molecular weight is 226 g/mol. The molecular weight excluding hydrogens is 204 g/mol. The van der Waals surface area contributed by atoms with Crippen molar-refractivity contribution in [3.05, 3.63) is 0 Å². The quantitative estimate of drug-likeness (QED) is 0.663. The summed E-state index contributed by atoms with van der Waals surface area (Å²) in [4.78, 5) is 11.6. The monoisotopic (exact) mass is 226 g/mol. The molecule has 0 bridgehead atoms. The van der Waals surface area contributed by atoms with Crippen molar-refractivity contribution in [2.24, 2.45) is 5.41 Å². The zero-order valence-electron chi connectivity index (χ0n) is 9.80. The Morgan fingerprint density at radius 3 is 2.56 bits per heavy atom. The zero-order valence-corrected chi connectivity index (χ0v) is 9.80. The lowest BCUT2D eigenvalue weighted by atomic mass is 10.0. The highest BCUT2D eigenvalue weighted by Gasteiger charge is 2.41. The molecule has 2 rings (SSSR count). The van der Waals surface area contributed by atoms with E-state index in [1.165, 1.54) is 12.8 Å². The molecule has 0 heterocycles. The first-order valence-electron chi connectivity index (χ1n) is 6.39. The molecule has 0 radical (unpaired) electrons. The van der Waals surface area contributed by atoms with Gasteiger partial charge in [-0.25, -0.2) is 4.79 Å². The fourth-order valence-corrected chi connectivity index (χ4v) is 2.50. The van der Waals surface area contributed by atoms with Gasteiger partial charge in [0.1, 0.15) is 0 Å². The summed E-state index contributed by atoms with van der Waals surface area (Å²) in [7, 11) is 0. The number of urea groups is 1. The first kappa shape index (κ1) is 11.7. The van der Waals surface area contributed by atoms with E-state index >= 15 is 0 Å². The van der Waals surface area contributed by atoms with Crippen molar-refractivity contribution in [1.82, 2.24) is 10.6 Å². The van der Waals surface area contributed by atoms with Crippen LogP contribution in [-0.4, -0.2) is 30.3 Å². The second-order valence-electron chi connectivity index (χ2n) is 5.28. The molecule has 0 aliphatic heterocycles. The Balaban J connectivity index is 1.63. The largest absolute Gasteiger partial charge is 0.396 e. The van der Waals surface area contributed by atoms with Gasteiger partial charge in [-0.1, -0.05) is 12.8 Å². The van der Waals surface area contributed by atoms with Crippen molar-refractivity contribution < 1.29 is 9.90 Å². The molecular formula is C12H22N2O2. The standard InChI is InChI=1S/C12H22N2O2/c15-8-7-12(5-6-12)9-13-11(16)14-10-3-1-2-4-10/h10,15H,1-9H2,(H2,13,14,16). The van der Waals surface area contributed by atoms with Gasteiger partial charge in [0.05, 0.1) is 0 Å². The molecule has 0 unspecified atom stereocenters. The summed E-state index contributed by atoms with van der Waals surface area (Å²) in [5.41, 5.74) is 0.210. The van der Waals surface area contributed by atoms with E-state index in [9.17, 15) is 4.79 Å². The van der Waals surface area contributed by atoms with Gasteiger partial charge in [0, 0.05) is 19.2 Å². The first-order chi connectivity index (χ1) is 7.74. The third kappa shape index (κ3) is 3.11. The Morgan fingerprint density at radius 2 is 2.00 bits per heavy atom. The smallest absolute Gasteiger partial charge is 0.315 e. The molecule has 0 aromatic rings. The minimum Gasteiger partial charge on any atom is -0.396 e. The van der Waals surface area contributed by atoms with Crippen molar-refractivity contribution in [2.75, 3.05) is 13.2 Å². The van der Waals surface area contributed by atoms with Crippen LogP contribution in [-0.2, 0) is 0 Å². The molecule has 92 valence electrons. The molecule has 0 atom stereocenters. The fraction of sp³-hybridized carbons (Fsp3) is 0.917. The van der Waals surface area contributed by atoms with Crippen LogP contribution in [0.25, 0.3) is 0 Å². The molecule has 4 heteroatoms. The maximum absolute atomic E-state index is 11.6. The van der Waals surface area contributed by atoms with Crippen LogP contribution in [0.2, 0.25) is 0 Å². The van der Waals surface area contributed by atoms with Crippen LogP contribution in [0.1, 0.15) is 44.9 Å². The van der Waals surface area contributed by atoms with E-state index in [4.69, 9.17) is 5.11 Å². The molecule has 2 amide bonds. The van der Waals surface area contributed by atoms with E-state index in [-0.39, 0.29) is 18.1 Å². The predicted molar refractivity (Wildman–Crippen MR) is 62.2 cm³/mol. The number of aliphatic hydroxyl groups excluding tert-OH is 1. The third-order valence-corrected chi connectivity index (χ3v) is 3.91. The minimum absolute atomic E-state index is 0.0314. The van der Waals surface area contributed by atoms with Crippen LogP contribution in [0.5, 0.6) is 0 Å². The average Bonchev–Trinajstić information content (AvgIpc) is 2.83. The van der Waals surface area contributed by atoms with Crippen LogP contribution >= 0.6 is 0 Å². The summed E-state index contributed by atoms with van der Waals surface area (Å²) in [6.07, 6.45) is 7.80. The molecule has 2 saturated carbocycles. The Morgan fingerprint density at radius 1 is 1.31 bits per heavy atom. The van der Waals surface area contributed by atoms with Gasteiger partial charge in [0.2, 0.25) is 0 Å². The van der Waals surface area contributed by atoms with Crippen LogP contribution in [0.15, 0.2) is 0 Å². The molecule has 2 fully saturated rings. The van der Waals surface area contributed by atoms with Gasteiger partial charge in [-0.3, -0.25) is 0 Å². The first-order valence-corrected chi connectivity index (χ1v) is 6.39. The van der Waals surface area contributed by atoms with Crippen molar-refractivity contribution in [3.8, 4) is 0 Å². The number of hydrogen-bond acceptors (Lipinski definition) is 2. The molecule has 0 saturated heterocycles. The summed E-state index contributed by atoms with van der Waals surface area (Å²) < 4.78 is 0. The van der Waals surface area contributed by atoms with Crippen molar-refractivity contribution in [2.45, 2.75) is 51.0 Å². The molecule has 16 heavy (non-hydrogen) atoms. The highest BCUT2D eigenvalue weighted by atomic mass is 16.3. The highest BCUT2D eigenvalue weighted by Crippen LogP contribution is 2.47. The number of carbonyl (C=O) groups excluding carboxylic acids is 1. The summed E-state index contributed by atoms with van der Waals surface area (Å²) in [5, 5.41) is 14.9. The van der Waals surface area contributed by atoms with Crippen LogP contribution in [0, 0.1) is 5.41 Å². The molecule has 0 spiro atoms. The number of rotatable bonds is 5. The van der Waals surface area contributed by atoms with Gasteiger partial charge in [-0.15, -0.1) is 0 Å². The normalized spacial score (nSPS) is 23.1. The third-order valence-electron chi connectivity index (χ3n) is 3.91. The zero-order chi connectivity index (χ0) is 11.4. The van der Waals surface area contributed by atoms with Gasteiger partial charge in [-0.05, 0) is 37.5 Å². The molecule has 0 aromatic carbocycles. The van der Waals surface area contributed by atoms with E-state index in [0.29, 0.717) is 12.6 Å². The Labute approximate surface area is 96.8 Å². The van der Waals surface area contributed by atoms with E-state index < -0.39 is 0 Å². The lowest BCUT2D eigenvalue weighted by molar-refractivity contribution is 0.225. The molecule has 3 N–H and O–H groups in total. The molecule has 4 nitrogen and oxygen atoms in total. The van der Waals surface area contributed by atoms with Crippen molar-refractivity contribution >= 4 is 6.03 Å². The SMILES string of the molecule is O=C(NCC1(CCO)CC1)NC1CCCC1. The topological polar surface area (TPSA) is 61.4 Å². The molecule has 0 aromatic heterocycles. The summed E-state index contributed by atoms with van der Waals surface area (Å²) >= 11 is 0. The van der Waals surface area contributed by atoms with E-state index in [1.807, 2.05) is 0 Å². The number of hydrogen-bond donors (Lipinski definition) is 3. The number of amides is 2. The summed E-state index contributed by atoms with van der Waals surface area (Å²) in [5.74, 6) is 0. The second kappa shape index (κ2) is 5.04. The Hall–Kier alpha value is -0.770. The molecule has 2 aliphatic rings. The number of nitrogens with one attached hydrogen (secondary N) is 2. The van der Waals surface area contributed by atoms with E-state index in [2.05, 4.69) is 10.6 Å². The Bertz CT molecular complexity index is 245. The highest BCUT2D eigenvalue weighted by molar-refractivity contribution is 5.74. The lowest BCUT2D eigenvalue weighted by Gasteiger charge is -2.17. The van der Waals surface area contributed by atoms with Crippen LogP contribution in [0.4, 0.5) is 4.79 Å². The maximum atomic E-state index is 11.6. The number of carbonyl (C=O) groups is 1. The van der Waals surface area contributed by atoms with Crippen molar-refractivity contribution in [3.63, 3.8) is 0 Å². The van der Waals surface area contributed by atoms with Gasteiger partial charge >= 0.3 is 6.03 Å². The van der Waals surface area contributed by atoms with Gasteiger partial charge in [-0.2, -0.15) is 0 Å². The van der Waals surface area contributed by atoms with Gasteiger partial charge < -0.3 is 15.7 Å². The van der Waals surface area contributed by atoms with E-state index in [1.54, 1.807) is 0 Å². The Kier molecular flexibility index (Phi) is 3.69. The van der Waals surface area contributed by atoms with Crippen LogP contribution < -0.4 is 10.6 Å². The van der Waals surface area contributed by atoms with Crippen molar-refractivity contribution in [1.29, 1.82) is 0 Å². The predicted octanol–water partition coefficient (Wildman–Crippen LogP) is 1.39. The maximum Gasteiger partial charge on any atom is 0.315 e. The second-order valence-corrected chi connectivity index (χ2v) is 5.28. The van der Waals surface area contributed by atoms with E-state index in [0.717, 1.165) is 32.1 Å².